The highest BCUT2D eigenvalue weighted by Gasteiger charge is 2.38. The van der Waals surface area contributed by atoms with Crippen molar-refractivity contribution in [3.05, 3.63) is 69.3 Å². The Bertz CT molecular complexity index is 1020. The van der Waals surface area contributed by atoms with Crippen LogP contribution in [0.25, 0.3) is 6.08 Å². The molecule has 1 heterocycles. The van der Waals surface area contributed by atoms with E-state index in [2.05, 4.69) is 15.9 Å². The van der Waals surface area contributed by atoms with Crippen molar-refractivity contribution in [1.82, 2.24) is 0 Å². The Morgan fingerprint density at radius 1 is 1.21 bits per heavy atom. The number of anilines is 1. The molecule has 0 unspecified atom stereocenters. The summed E-state index contributed by atoms with van der Waals surface area (Å²) in [5.74, 6) is -0.635. The van der Waals surface area contributed by atoms with Gasteiger partial charge in [-0.3, -0.25) is 9.69 Å². The molecule has 150 valence electrons. The third kappa shape index (κ3) is 4.05. The van der Waals surface area contributed by atoms with E-state index in [0.717, 1.165) is 4.47 Å². The predicted octanol–water partition coefficient (Wildman–Crippen LogP) is 4.43. The zero-order valence-electron chi connectivity index (χ0n) is 16.2. The first-order chi connectivity index (χ1) is 13.9. The molecule has 7 heteroatoms. The van der Waals surface area contributed by atoms with Gasteiger partial charge in [-0.2, -0.15) is 0 Å². The minimum absolute atomic E-state index is 0.0128. The lowest BCUT2D eigenvalue weighted by atomic mass is 10.0. The quantitative estimate of drug-likeness (QED) is 0.530. The second-order valence-corrected chi connectivity index (χ2v) is 7.20. The van der Waals surface area contributed by atoms with Crippen molar-refractivity contribution in [2.24, 2.45) is 0 Å². The maximum absolute atomic E-state index is 13.3. The van der Waals surface area contributed by atoms with Crippen LogP contribution < -0.4 is 9.64 Å². The summed E-state index contributed by atoms with van der Waals surface area (Å²) in [6.45, 7) is 3.62. The number of phenols is 1. The molecule has 0 bridgehead atoms. The molecule has 6 nitrogen and oxygen atoms in total. The molecule has 29 heavy (non-hydrogen) atoms. The van der Waals surface area contributed by atoms with E-state index in [4.69, 9.17) is 9.47 Å². The predicted molar refractivity (Wildman–Crippen MR) is 114 cm³/mol. The van der Waals surface area contributed by atoms with Gasteiger partial charge in [-0.25, -0.2) is 4.79 Å². The van der Waals surface area contributed by atoms with Crippen molar-refractivity contribution in [3.8, 4) is 11.5 Å². The zero-order valence-corrected chi connectivity index (χ0v) is 17.8. The first kappa shape index (κ1) is 20.7. The van der Waals surface area contributed by atoms with Crippen molar-refractivity contribution in [1.29, 1.82) is 0 Å². The fourth-order valence-electron chi connectivity index (χ4n) is 3.13. The monoisotopic (exact) mass is 457 g/mol. The zero-order chi connectivity index (χ0) is 21.1. The molecule has 0 fully saturated rings. The first-order valence-electron chi connectivity index (χ1n) is 8.94. The molecule has 0 atom stereocenters. The Hall–Kier alpha value is -3.06. The van der Waals surface area contributed by atoms with Crippen molar-refractivity contribution in [3.63, 3.8) is 0 Å². The number of rotatable bonds is 5. The van der Waals surface area contributed by atoms with Crippen molar-refractivity contribution < 1.29 is 24.2 Å². The van der Waals surface area contributed by atoms with Crippen LogP contribution in [0.1, 0.15) is 19.4 Å². The van der Waals surface area contributed by atoms with Gasteiger partial charge in [0.15, 0.2) is 11.5 Å². The van der Waals surface area contributed by atoms with Crippen molar-refractivity contribution in [2.45, 2.75) is 13.8 Å². The largest absolute Gasteiger partial charge is 0.504 e. The maximum Gasteiger partial charge on any atom is 0.340 e. The summed E-state index contributed by atoms with van der Waals surface area (Å²) in [5.41, 5.74) is 2.18. The van der Waals surface area contributed by atoms with Gasteiger partial charge < -0.3 is 14.6 Å². The van der Waals surface area contributed by atoms with E-state index in [0.29, 0.717) is 16.9 Å². The number of ether oxygens (including phenoxy) is 2. The number of halogens is 1. The molecule has 0 saturated heterocycles. The smallest absolute Gasteiger partial charge is 0.340 e. The number of nitrogens with zero attached hydrogens (tertiary/aromatic N) is 1. The lowest BCUT2D eigenvalue weighted by molar-refractivity contribution is -0.138. The number of hydrogen-bond acceptors (Lipinski definition) is 5. The molecule has 1 aliphatic heterocycles. The number of benzene rings is 2. The molecule has 1 aliphatic rings. The van der Waals surface area contributed by atoms with E-state index in [1.165, 1.54) is 18.1 Å². The molecule has 0 aliphatic carbocycles. The number of carbonyl (C=O) groups excluding carboxylic acids is 2. The van der Waals surface area contributed by atoms with Crippen molar-refractivity contribution in [2.75, 3.05) is 18.6 Å². The maximum atomic E-state index is 13.3. The van der Waals surface area contributed by atoms with Crippen LogP contribution in [0.2, 0.25) is 0 Å². The Morgan fingerprint density at radius 3 is 2.52 bits per heavy atom. The summed E-state index contributed by atoms with van der Waals surface area (Å²) in [6.07, 6.45) is 1.60. The van der Waals surface area contributed by atoms with Crippen LogP contribution in [0.15, 0.2) is 63.8 Å². The number of carbonyl (C=O) groups is 2. The van der Waals surface area contributed by atoms with E-state index >= 15 is 0 Å². The summed E-state index contributed by atoms with van der Waals surface area (Å²) in [7, 11) is 1.44. The average molecular weight is 458 g/mol. The number of esters is 1. The Labute approximate surface area is 177 Å². The molecule has 0 radical (unpaired) electrons. The highest BCUT2D eigenvalue weighted by atomic mass is 79.9. The molecule has 0 spiro atoms. The van der Waals surface area contributed by atoms with Gasteiger partial charge in [-0.1, -0.05) is 22.0 Å². The second kappa shape index (κ2) is 8.53. The van der Waals surface area contributed by atoms with Gasteiger partial charge in [0, 0.05) is 15.9 Å². The van der Waals surface area contributed by atoms with Crippen LogP contribution in [0.5, 0.6) is 11.5 Å². The molecule has 1 N–H and O–H groups in total. The minimum Gasteiger partial charge on any atom is -0.504 e. The molecule has 0 aromatic heterocycles. The summed E-state index contributed by atoms with van der Waals surface area (Å²) in [4.78, 5) is 27.4. The molecule has 2 aromatic carbocycles. The van der Waals surface area contributed by atoms with Gasteiger partial charge in [0.05, 0.1) is 24.9 Å². The van der Waals surface area contributed by atoms with Gasteiger partial charge >= 0.3 is 5.97 Å². The van der Waals surface area contributed by atoms with Crippen LogP contribution in [0.4, 0.5) is 5.69 Å². The van der Waals surface area contributed by atoms with E-state index in [9.17, 15) is 14.7 Å². The van der Waals surface area contributed by atoms with E-state index in [-0.39, 0.29) is 35.2 Å². The highest BCUT2D eigenvalue weighted by molar-refractivity contribution is 9.10. The summed E-state index contributed by atoms with van der Waals surface area (Å²) in [6, 6.07) is 11.9. The SMILES string of the molecule is CCOC(=O)C1=C(C)N(c2ccc(Br)cc2)C(=O)/C1=C\c1ccc(O)c(OC)c1. The third-order valence-corrected chi connectivity index (χ3v) is 5.01. The molecule has 2 aromatic rings. The minimum atomic E-state index is -0.560. The highest BCUT2D eigenvalue weighted by Crippen LogP contribution is 2.36. The van der Waals surface area contributed by atoms with Gasteiger partial charge in [0.25, 0.3) is 5.91 Å². The van der Waals surface area contributed by atoms with Crippen LogP contribution in [-0.2, 0) is 14.3 Å². The standard InChI is InChI=1S/C22H20BrNO5/c1-4-29-22(27)20-13(2)24(16-8-6-15(23)7-9-16)21(26)17(20)11-14-5-10-18(25)19(12-14)28-3/h5-12,25H,4H2,1-3H3/b17-11-. The Balaban J connectivity index is 2.13. The van der Waals surface area contributed by atoms with Crippen LogP contribution >= 0.6 is 15.9 Å². The number of aromatic hydroxyl groups is 1. The molecular formula is C22H20BrNO5. The molecule has 1 amide bonds. The second-order valence-electron chi connectivity index (χ2n) is 6.29. The van der Waals surface area contributed by atoms with E-state index in [1.807, 2.05) is 12.1 Å². The number of methoxy groups -OCH3 is 1. The third-order valence-electron chi connectivity index (χ3n) is 4.48. The Kier molecular flexibility index (Phi) is 6.08. The van der Waals surface area contributed by atoms with E-state index in [1.54, 1.807) is 44.2 Å². The van der Waals surface area contributed by atoms with Gasteiger partial charge in [-0.15, -0.1) is 0 Å². The van der Waals surface area contributed by atoms with Crippen LogP contribution in [-0.4, -0.2) is 30.7 Å². The lowest BCUT2D eigenvalue weighted by Crippen LogP contribution is -2.24. The van der Waals surface area contributed by atoms with Gasteiger partial charge in [-0.05, 0) is 61.9 Å². The van der Waals surface area contributed by atoms with Crippen molar-refractivity contribution >= 4 is 39.6 Å². The molecular weight excluding hydrogens is 438 g/mol. The lowest BCUT2D eigenvalue weighted by Gasteiger charge is -2.18. The fraction of sp³-hybridized carbons (Fsp3) is 0.182. The number of hydrogen-bond donors (Lipinski definition) is 1. The normalized spacial score (nSPS) is 15.2. The fourth-order valence-corrected chi connectivity index (χ4v) is 3.40. The van der Waals surface area contributed by atoms with Gasteiger partial charge in [0.2, 0.25) is 0 Å². The van der Waals surface area contributed by atoms with Gasteiger partial charge in [0.1, 0.15) is 0 Å². The topological polar surface area (TPSA) is 76.1 Å². The molecule has 0 saturated carbocycles. The van der Waals surface area contributed by atoms with E-state index < -0.39 is 5.97 Å². The number of phenolic OH excluding ortho intramolecular Hbond substituents is 1. The first-order valence-corrected chi connectivity index (χ1v) is 9.73. The molecule has 3 rings (SSSR count). The summed E-state index contributed by atoms with van der Waals surface area (Å²) >= 11 is 3.38. The van der Waals surface area contributed by atoms with Crippen LogP contribution in [0, 0.1) is 0 Å². The average Bonchev–Trinajstić information content (AvgIpc) is 2.94. The summed E-state index contributed by atoms with van der Waals surface area (Å²) in [5, 5.41) is 9.81. The van der Waals surface area contributed by atoms with Crippen LogP contribution in [0.3, 0.4) is 0 Å². The Morgan fingerprint density at radius 2 is 1.90 bits per heavy atom. The number of allylic oxidation sites excluding steroid dienone is 1. The summed E-state index contributed by atoms with van der Waals surface area (Å²) < 4.78 is 11.2. The number of amides is 1.